The molecule has 2 atom stereocenters. The normalized spacial score (nSPS) is 16.3. The van der Waals surface area contributed by atoms with Gasteiger partial charge in [-0.2, -0.15) is 0 Å². The zero-order valence-electron chi connectivity index (χ0n) is 30.0. The predicted molar refractivity (Wildman–Crippen MR) is 229 cm³/mol. The first-order valence-corrected chi connectivity index (χ1v) is 18.9. The van der Waals surface area contributed by atoms with Crippen molar-refractivity contribution in [2.24, 2.45) is 11.8 Å². The number of rotatable bonds is 6. The maximum Gasteiger partial charge on any atom is 0.160 e. The third-order valence-corrected chi connectivity index (χ3v) is 11.2. The van der Waals surface area contributed by atoms with Crippen LogP contribution in [0.3, 0.4) is 0 Å². The van der Waals surface area contributed by atoms with Crippen LogP contribution in [0.2, 0.25) is 0 Å². The van der Waals surface area contributed by atoms with Gasteiger partial charge in [-0.1, -0.05) is 146 Å². The monoisotopic (exact) mass is 705 g/mol. The van der Waals surface area contributed by atoms with Crippen LogP contribution in [0.25, 0.3) is 71.7 Å². The summed E-state index contributed by atoms with van der Waals surface area (Å²) in [6, 6.07) is 56.0. The molecule has 0 spiro atoms. The van der Waals surface area contributed by atoms with E-state index in [1.165, 1.54) is 11.1 Å². The number of nitrogens with zero attached hydrogens (tertiary/aromatic N) is 1. The van der Waals surface area contributed by atoms with Crippen molar-refractivity contribution in [3.63, 3.8) is 0 Å². The topological polar surface area (TPSA) is 29.5 Å². The molecule has 2 aliphatic carbocycles. The molecule has 260 valence electrons. The van der Waals surface area contributed by atoms with Crippen LogP contribution in [-0.4, -0.2) is 0 Å². The fourth-order valence-electron chi connectivity index (χ4n) is 8.44. The molecule has 0 N–H and O–H groups in total. The summed E-state index contributed by atoms with van der Waals surface area (Å²) in [5.41, 5.74) is 13.6. The van der Waals surface area contributed by atoms with Crippen LogP contribution >= 0.6 is 0 Å². The molecule has 3 nitrogen and oxygen atoms in total. The molecule has 0 bridgehead atoms. The van der Waals surface area contributed by atoms with Crippen molar-refractivity contribution in [1.29, 1.82) is 0 Å². The molecule has 0 saturated heterocycles. The van der Waals surface area contributed by atoms with Gasteiger partial charge in [-0.05, 0) is 82.4 Å². The molecule has 2 aliphatic rings. The molecule has 2 unspecified atom stereocenters. The Bertz CT molecular complexity index is 3030. The minimum atomic E-state index is 0.381. The molecule has 0 amide bonds. The van der Waals surface area contributed by atoms with E-state index in [2.05, 4.69) is 187 Å². The first-order valence-electron chi connectivity index (χ1n) is 18.9. The van der Waals surface area contributed by atoms with Gasteiger partial charge >= 0.3 is 0 Å². The molecular formula is C52H35NO2. The van der Waals surface area contributed by atoms with E-state index >= 15 is 0 Å². The van der Waals surface area contributed by atoms with E-state index in [0.29, 0.717) is 11.8 Å². The lowest BCUT2D eigenvalue weighted by Gasteiger charge is -2.28. The van der Waals surface area contributed by atoms with E-state index in [1.807, 2.05) is 18.2 Å². The Kier molecular flexibility index (Phi) is 7.31. The lowest BCUT2D eigenvalue weighted by molar-refractivity contribution is 0.663. The third-order valence-electron chi connectivity index (χ3n) is 11.2. The Balaban J connectivity index is 1.08. The van der Waals surface area contributed by atoms with Crippen molar-refractivity contribution in [2.45, 2.75) is 0 Å². The lowest BCUT2D eigenvalue weighted by atomic mass is 9.81. The van der Waals surface area contributed by atoms with E-state index in [4.69, 9.17) is 8.83 Å². The largest absolute Gasteiger partial charge is 0.456 e. The van der Waals surface area contributed by atoms with Crippen LogP contribution < -0.4 is 4.90 Å². The zero-order valence-corrected chi connectivity index (χ0v) is 30.0. The second-order valence-corrected chi connectivity index (χ2v) is 14.4. The first-order chi connectivity index (χ1) is 27.2. The minimum absolute atomic E-state index is 0.381. The summed E-state index contributed by atoms with van der Waals surface area (Å²) in [6.07, 6.45) is 15.9. The molecule has 55 heavy (non-hydrogen) atoms. The Labute approximate surface area is 319 Å². The highest BCUT2D eigenvalue weighted by atomic mass is 16.3. The van der Waals surface area contributed by atoms with E-state index in [9.17, 15) is 0 Å². The fourth-order valence-corrected chi connectivity index (χ4v) is 8.44. The van der Waals surface area contributed by atoms with Crippen LogP contribution in [-0.2, 0) is 0 Å². The van der Waals surface area contributed by atoms with E-state index in [0.717, 1.165) is 83.2 Å². The van der Waals surface area contributed by atoms with Gasteiger partial charge in [-0.3, -0.25) is 0 Å². The Morgan fingerprint density at radius 2 is 1.04 bits per heavy atom. The quantitative estimate of drug-likeness (QED) is 0.172. The molecule has 0 fully saturated rings. The van der Waals surface area contributed by atoms with Gasteiger partial charge in [0, 0.05) is 50.3 Å². The maximum absolute atomic E-state index is 6.82. The second kappa shape index (κ2) is 12.8. The fraction of sp³-hybridized carbons (Fsp3) is 0.0385. The number of benzene rings is 7. The molecule has 3 heteroatoms. The molecule has 2 heterocycles. The van der Waals surface area contributed by atoms with Gasteiger partial charge in [-0.15, -0.1) is 0 Å². The zero-order chi connectivity index (χ0) is 36.3. The lowest BCUT2D eigenvalue weighted by Crippen LogP contribution is -2.12. The van der Waals surface area contributed by atoms with E-state index in [1.54, 1.807) is 0 Å². The molecule has 0 aliphatic heterocycles. The average molecular weight is 706 g/mol. The summed E-state index contributed by atoms with van der Waals surface area (Å²) in [4.78, 5) is 2.36. The van der Waals surface area contributed by atoms with Crippen LogP contribution in [0.15, 0.2) is 209 Å². The summed E-state index contributed by atoms with van der Waals surface area (Å²) >= 11 is 0. The summed E-state index contributed by atoms with van der Waals surface area (Å²) in [5, 5.41) is 4.44. The number of fused-ring (bicyclic) bond motifs is 7. The number of anilines is 3. The molecule has 11 rings (SSSR count). The Hall–Kier alpha value is -7.10. The highest BCUT2D eigenvalue weighted by molar-refractivity contribution is 6.14. The number of furan rings is 2. The Morgan fingerprint density at radius 1 is 0.418 bits per heavy atom. The van der Waals surface area contributed by atoms with Crippen molar-refractivity contribution >= 4 is 66.5 Å². The van der Waals surface area contributed by atoms with Crippen LogP contribution in [0.1, 0.15) is 5.56 Å². The van der Waals surface area contributed by atoms with Gasteiger partial charge in [0.1, 0.15) is 16.7 Å². The standard InChI is InChI=1S/C52H35NO2/c1-2-11-37(12-3-1)43-29-30-46-44-14-6-9-17-49(44)55-52(46)51(43)53(41-25-20-35(21-26-41)39-19-18-34-10-4-5-13-38(34)32-39)42-27-22-36(23-28-42)40-24-31-50-47(33-40)45-15-7-8-16-48(45)54-50/h1-34,38H. The maximum atomic E-state index is 6.82. The smallest absolute Gasteiger partial charge is 0.160 e. The number of hydrogen-bond donors (Lipinski definition) is 0. The van der Waals surface area contributed by atoms with Gasteiger partial charge in [-0.25, -0.2) is 0 Å². The summed E-state index contributed by atoms with van der Waals surface area (Å²) in [6.45, 7) is 0. The van der Waals surface area contributed by atoms with Crippen LogP contribution in [0, 0.1) is 11.8 Å². The molecule has 9 aromatic rings. The van der Waals surface area contributed by atoms with Gasteiger partial charge in [0.15, 0.2) is 5.58 Å². The van der Waals surface area contributed by atoms with Crippen LogP contribution in [0.5, 0.6) is 0 Å². The summed E-state index contributed by atoms with van der Waals surface area (Å²) in [7, 11) is 0. The second-order valence-electron chi connectivity index (χ2n) is 14.4. The van der Waals surface area contributed by atoms with E-state index < -0.39 is 0 Å². The van der Waals surface area contributed by atoms with Crippen molar-refractivity contribution in [1.82, 2.24) is 0 Å². The summed E-state index contributed by atoms with van der Waals surface area (Å²) < 4.78 is 13.0. The van der Waals surface area contributed by atoms with Crippen molar-refractivity contribution < 1.29 is 8.83 Å². The minimum Gasteiger partial charge on any atom is -0.456 e. The third kappa shape index (κ3) is 5.35. The van der Waals surface area contributed by atoms with Gasteiger partial charge < -0.3 is 13.7 Å². The molecule has 2 aromatic heterocycles. The SMILES string of the molecule is C1=CC2C=CC(c3ccc(N(c4ccc(-c5ccc6oc7ccccc7c6c5)cc4)c4c(-c5ccccc5)ccc5c4oc4ccccc45)cc3)=CC2C=C1. The van der Waals surface area contributed by atoms with Crippen molar-refractivity contribution in [2.75, 3.05) is 4.90 Å². The summed E-state index contributed by atoms with van der Waals surface area (Å²) in [5.74, 6) is 0.805. The van der Waals surface area contributed by atoms with Gasteiger partial charge in [0.2, 0.25) is 0 Å². The Morgan fingerprint density at radius 3 is 1.80 bits per heavy atom. The molecule has 7 aromatic carbocycles. The number of allylic oxidation sites excluding steroid dienone is 8. The number of hydrogen-bond acceptors (Lipinski definition) is 3. The molecule has 0 saturated carbocycles. The van der Waals surface area contributed by atoms with Gasteiger partial charge in [0.05, 0.1) is 5.69 Å². The molecule has 0 radical (unpaired) electrons. The highest BCUT2D eigenvalue weighted by Crippen LogP contribution is 2.48. The predicted octanol–water partition coefficient (Wildman–Crippen LogP) is 14.6. The van der Waals surface area contributed by atoms with Crippen molar-refractivity contribution in [3.05, 3.63) is 206 Å². The van der Waals surface area contributed by atoms with Gasteiger partial charge in [0.25, 0.3) is 0 Å². The van der Waals surface area contributed by atoms with Crippen LogP contribution in [0.4, 0.5) is 17.1 Å². The highest BCUT2D eigenvalue weighted by Gasteiger charge is 2.25. The van der Waals surface area contributed by atoms with E-state index in [-0.39, 0.29) is 0 Å². The molecular weight excluding hydrogens is 671 g/mol. The first kappa shape index (κ1) is 31.4. The van der Waals surface area contributed by atoms with Crippen molar-refractivity contribution in [3.8, 4) is 22.3 Å². The average Bonchev–Trinajstić information content (AvgIpc) is 3.83. The number of para-hydroxylation sites is 2.